The second kappa shape index (κ2) is 7.07. The lowest BCUT2D eigenvalue weighted by Crippen LogP contribution is -1.96. The van der Waals surface area contributed by atoms with Crippen molar-refractivity contribution in [1.29, 1.82) is 0 Å². The van der Waals surface area contributed by atoms with Gasteiger partial charge < -0.3 is 4.74 Å². The molecule has 0 aliphatic heterocycles. The minimum absolute atomic E-state index is 0.726. The van der Waals surface area contributed by atoms with Crippen molar-refractivity contribution in [3.63, 3.8) is 0 Å². The van der Waals surface area contributed by atoms with E-state index in [4.69, 9.17) is 4.74 Å². The molecular weight excluding hydrogens is 358 g/mol. The van der Waals surface area contributed by atoms with E-state index in [1.165, 1.54) is 4.70 Å². The van der Waals surface area contributed by atoms with Crippen molar-refractivity contribution >= 4 is 49.6 Å². The zero-order valence-electron chi connectivity index (χ0n) is 12.3. The number of para-hydroxylation sites is 1. The van der Waals surface area contributed by atoms with Gasteiger partial charge >= 0.3 is 0 Å². The highest BCUT2D eigenvalue weighted by Gasteiger charge is 2.03. The van der Waals surface area contributed by atoms with Gasteiger partial charge in [-0.15, -0.1) is 11.3 Å². The van der Waals surface area contributed by atoms with Crippen LogP contribution in [0.5, 0.6) is 5.75 Å². The van der Waals surface area contributed by atoms with Crippen LogP contribution in [0.1, 0.15) is 23.9 Å². The van der Waals surface area contributed by atoms with Crippen LogP contribution in [0.4, 0.5) is 0 Å². The number of halogens is 1. The van der Waals surface area contributed by atoms with Crippen LogP contribution in [0.25, 0.3) is 22.4 Å². The molecule has 4 heteroatoms. The van der Waals surface area contributed by atoms with Crippen molar-refractivity contribution in [2.45, 2.75) is 13.3 Å². The number of rotatable bonds is 5. The Kier molecular flexibility index (Phi) is 4.90. The standard InChI is InChI=1S/C18H16BrNOS/c1-2-11-21-16-9-8-14(19)12-13(16)7-10-18-20-15-5-3-4-6-17(15)22-18/h3-10,12H,2,11H2,1H3/b10-7+. The fraction of sp³-hybridized carbons (Fsp3) is 0.167. The third kappa shape index (κ3) is 3.57. The van der Waals surface area contributed by atoms with Crippen molar-refractivity contribution in [1.82, 2.24) is 4.98 Å². The molecule has 2 nitrogen and oxygen atoms in total. The molecule has 1 heterocycles. The lowest BCUT2D eigenvalue weighted by molar-refractivity contribution is 0.317. The monoisotopic (exact) mass is 373 g/mol. The summed E-state index contributed by atoms with van der Waals surface area (Å²) in [5.41, 5.74) is 2.10. The number of aromatic nitrogens is 1. The van der Waals surface area contributed by atoms with Gasteiger partial charge in [-0.1, -0.05) is 35.0 Å². The van der Waals surface area contributed by atoms with Gasteiger partial charge in [0.05, 0.1) is 16.8 Å². The number of ether oxygens (including phenoxy) is 1. The molecule has 0 fully saturated rings. The first-order chi connectivity index (χ1) is 10.8. The van der Waals surface area contributed by atoms with E-state index in [0.717, 1.165) is 39.3 Å². The molecule has 0 aliphatic rings. The smallest absolute Gasteiger partial charge is 0.126 e. The predicted molar refractivity (Wildman–Crippen MR) is 98.5 cm³/mol. The molecule has 0 saturated heterocycles. The number of benzene rings is 2. The highest BCUT2D eigenvalue weighted by molar-refractivity contribution is 9.10. The molecule has 0 amide bonds. The summed E-state index contributed by atoms with van der Waals surface area (Å²) in [4.78, 5) is 4.62. The van der Waals surface area contributed by atoms with Crippen LogP contribution in [0.15, 0.2) is 46.9 Å². The summed E-state index contributed by atoms with van der Waals surface area (Å²) >= 11 is 5.21. The van der Waals surface area contributed by atoms with Gasteiger partial charge in [-0.25, -0.2) is 4.98 Å². The van der Waals surface area contributed by atoms with Gasteiger partial charge in [0.15, 0.2) is 0 Å². The van der Waals surface area contributed by atoms with E-state index in [-0.39, 0.29) is 0 Å². The van der Waals surface area contributed by atoms with Crippen molar-refractivity contribution in [3.05, 3.63) is 57.5 Å². The Morgan fingerprint density at radius 1 is 1.18 bits per heavy atom. The lowest BCUT2D eigenvalue weighted by atomic mass is 10.2. The first-order valence-electron chi connectivity index (χ1n) is 7.22. The molecule has 3 aromatic rings. The fourth-order valence-electron chi connectivity index (χ4n) is 2.12. The Hall–Kier alpha value is -1.65. The molecule has 0 aliphatic carbocycles. The summed E-state index contributed by atoms with van der Waals surface area (Å²) in [6.45, 7) is 2.83. The zero-order valence-corrected chi connectivity index (χ0v) is 14.7. The normalized spacial score (nSPS) is 11.4. The van der Waals surface area contributed by atoms with Crippen molar-refractivity contribution in [3.8, 4) is 5.75 Å². The maximum Gasteiger partial charge on any atom is 0.126 e. The summed E-state index contributed by atoms with van der Waals surface area (Å²) in [5, 5.41) is 1.00. The summed E-state index contributed by atoms with van der Waals surface area (Å²) in [7, 11) is 0. The molecule has 22 heavy (non-hydrogen) atoms. The van der Waals surface area contributed by atoms with Crippen LogP contribution in [-0.2, 0) is 0 Å². The average Bonchev–Trinajstić information content (AvgIpc) is 2.95. The number of hydrogen-bond acceptors (Lipinski definition) is 3. The fourth-order valence-corrected chi connectivity index (χ4v) is 3.36. The number of hydrogen-bond donors (Lipinski definition) is 0. The molecule has 2 aromatic carbocycles. The second-order valence-electron chi connectivity index (χ2n) is 4.88. The maximum atomic E-state index is 5.80. The Morgan fingerprint density at radius 2 is 2.05 bits per heavy atom. The highest BCUT2D eigenvalue weighted by atomic mass is 79.9. The van der Waals surface area contributed by atoms with Crippen molar-refractivity contribution in [2.24, 2.45) is 0 Å². The molecular formula is C18H16BrNOS. The van der Waals surface area contributed by atoms with Crippen molar-refractivity contribution in [2.75, 3.05) is 6.61 Å². The van der Waals surface area contributed by atoms with Crippen LogP contribution in [0.3, 0.4) is 0 Å². The van der Waals surface area contributed by atoms with E-state index in [0.29, 0.717) is 0 Å². The quantitative estimate of drug-likeness (QED) is 0.545. The summed E-state index contributed by atoms with van der Waals surface area (Å²) < 4.78 is 8.05. The van der Waals surface area contributed by atoms with E-state index < -0.39 is 0 Å². The largest absolute Gasteiger partial charge is 0.493 e. The van der Waals surface area contributed by atoms with E-state index >= 15 is 0 Å². The summed E-state index contributed by atoms with van der Waals surface area (Å²) in [6, 6.07) is 14.3. The third-order valence-electron chi connectivity index (χ3n) is 3.15. The van der Waals surface area contributed by atoms with Gasteiger partial charge in [-0.3, -0.25) is 0 Å². The second-order valence-corrected chi connectivity index (χ2v) is 6.86. The molecule has 3 rings (SSSR count). The third-order valence-corrected chi connectivity index (χ3v) is 4.64. The van der Waals surface area contributed by atoms with Crippen molar-refractivity contribution < 1.29 is 4.74 Å². The first-order valence-corrected chi connectivity index (χ1v) is 8.83. The average molecular weight is 374 g/mol. The van der Waals surface area contributed by atoms with Crippen LogP contribution in [0, 0.1) is 0 Å². The number of thiazole rings is 1. The minimum Gasteiger partial charge on any atom is -0.493 e. The van der Waals surface area contributed by atoms with E-state index in [2.05, 4.69) is 46.0 Å². The van der Waals surface area contributed by atoms with Crippen LogP contribution in [-0.4, -0.2) is 11.6 Å². The van der Waals surface area contributed by atoms with Gasteiger partial charge in [0.25, 0.3) is 0 Å². The van der Waals surface area contributed by atoms with Gasteiger partial charge in [0.2, 0.25) is 0 Å². The Morgan fingerprint density at radius 3 is 2.86 bits per heavy atom. The summed E-state index contributed by atoms with van der Waals surface area (Å²) in [6.07, 6.45) is 5.11. The minimum atomic E-state index is 0.726. The van der Waals surface area contributed by atoms with Gasteiger partial charge in [0.1, 0.15) is 10.8 Å². The van der Waals surface area contributed by atoms with E-state index in [1.54, 1.807) is 11.3 Å². The van der Waals surface area contributed by atoms with Crippen LogP contribution < -0.4 is 4.74 Å². The van der Waals surface area contributed by atoms with Gasteiger partial charge in [0, 0.05) is 10.0 Å². The molecule has 0 bridgehead atoms. The lowest BCUT2D eigenvalue weighted by Gasteiger charge is -2.08. The number of fused-ring (bicyclic) bond motifs is 1. The Balaban J connectivity index is 1.89. The Bertz CT molecular complexity index is 777. The molecule has 1 aromatic heterocycles. The molecule has 0 saturated carbocycles. The highest BCUT2D eigenvalue weighted by Crippen LogP contribution is 2.27. The molecule has 0 spiro atoms. The Labute approximate surface area is 142 Å². The molecule has 0 atom stereocenters. The van der Waals surface area contributed by atoms with E-state index in [1.807, 2.05) is 36.4 Å². The van der Waals surface area contributed by atoms with Gasteiger partial charge in [-0.2, -0.15) is 0 Å². The molecule has 112 valence electrons. The maximum absolute atomic E-state index is 5.80. The predicted octanol–water partition coefficient (Wildman–Crippen LogP) is 6.02. The molecule has 0 N–H and O–H groups in total. The molecule has 0 unspecified atom stereocenters. The molecule has 0 radical (unpaired) electrons. The first kappa shape index (κ1) is 15.3. The van der Waals surface area contributed by atoms with Gasteiger partial charge in [-0.05, 0) is 48.9 Å². The number of nitrogens with zero attached hydrogens (tertiary/aromatic N) is 1. The zero-order chi connectivity index (χ0) is 15.4. The van der Waals surface area contributed by atoms with Crippen LogP contribution in [0.2, 0.25) is 0 Å². The van der Waals surface area contributed by atoms with E-state index in [9.17, 15) is 0 Å². The topological polar surface area (TPSA) is 22.1 Å². The summed E-state index contributed by atoms with van der Waals surface area (Å²) in [5.74, 6) is 0.905. The SMILES string of the molecule is CCCOc1ccc(Br)cc1/C=C/c1nc2ccccc2s1. The van der Waals surface area contributed by atoms with Crippen LogP contribution >= 0.6 is 27.3 Å².